The number of benzene rings is 3. The van der Waals surface area contributed by atoms with Crippen molar-refractivity contribution in [2.45, 2.75) is 45.3 Å². The summed E-state index contributed by atoms with van der Waals surface area (Å²) in [5, 5.41) is 3.03. The summed E-state index contributed by atoms with van der Waals surface area (Å²) in [6, 6.07) is 24.7. The first kappa shape index (κ1) is 21.9. The highest BCUT2D eigenvalue weighted by Gasteiger charge is 2.40. The van der Waals surface area contributed by atoms with Gasteiger partial charge in [0.15, 0.2) is 0 Å². The fraction of sp³-hybridized carbons (Fsp3) is 0.250. The zero-order valence-electron chi connectivity index (χ0n) is 19.4. The van der Waals surface area contributed by atoms with Crippen molar-refractivity contribution in [2.24, 2.45) is 0 Å². The maximum atomic E-state index is 13.9. The molecule has 2 amide bonds. The van der Waals surface area contributed by atoms with Crippen molar-refractivity contribution in [3.63, 3.8) is 0 Å². The van der Waals surface area contributed by atoms with E-state index >= 15 is 0 Å². The first-order chi connectivity index (χ1) is 16.6. The average molecular weight is 453 g/mol. The van der Waals surface area contributed by atoms with E-state index in [0.29, 0.717) is 6.54 Å². The van der Waals surface area contributed by atoms with Gasteiger partial charge in [-0.2, -0.15) is 0 Å². The summed E-state index contributed by atoms with van der Waals surface area (Å²) in [6.45, 7) is 4.54. The lowest BCUT2D eigenvalue weighted by molar-refractivity contribution is -0.142. The van der Waals surface area contributed by atoms with Crippen LogP contribution >= 0.6 is 0 Å². The number of hydrogen-bond acceptors (Lipinski definition) is 3. The molecule has 1 aliphatic rings. The molecule has 0 radical (unpaired) electrons. The van der Waals surface area contributed by atoms with Crippen LogP contribution in [0, 0.1) is 0 Å². The minimum Gasteiger partial charge on any atom is -0.327 e. The van der Waals surface area contributed by atoms with E-state index in [4.69, 9.17) is 4.98 Å². The third-order valence-electron chi connectivity index (χ3n) is 6.59. The second kappa shape index (κ2) is 9.14. The number of rotatable bonds is 6. The van der Waals surface area contributed by atoms with Crippen molar-refractivity contribution in [1.82, 2.24) is 14.5 Å². The van der Waals surface area contributed by atoms with Crippen molar-refractivity contribution in [3.8, 4) is 0 Å². The minimum absolute atomic E-state index is 0.0439. The van der Waals surface area contributed by atoms with E-state index in [1.807, 2.05) is 95.3 Å². The molecule has 0 saturated carbocycles. The standard InChI is InChI=1S/C28H28N4O2/c1-3-21-13-7-8-14-22(21)29-26(33)17-25-28(34)31(18-20-11-5-4-6-12-20)19(2)27-30-23-15-9-10-16-24(23)32(25)27/h4-16,19,25H,3,17-18H2,1-2H3,(H,29,33)/t19-,25-/m1/s1. The van der Waals surface area contributed by atoms with E-state index in [2.05, 4.69) is 12.2 Å². The van der Waals surface area contributed by atoms with Crippen LogP contribution in [0.25, 0.3) is 11.0 Å². The monoisotopic (exact) mass is 452 g/mol. The van der Waals surface area contributed by atoms with Gasteiger partial charge < -0.3 is 14.8 Å². The smallest absolute Gasteiger partial charge is 0.247 e. The van der Waals surface area contributed by atoms with E-state index in [1.54, 1.807) is 0 Å². The van der Waals surface area contributed by atoms with Crippen molar-refractivity contribution in [3.05, 3.63) is 95.8 Å². The number of carbonyl (C=O) groups is 2. The molecule has 1 aromatic heterocycles. The van der Waals surface area contributed by atoms with Gasteiger partial charge in [-0.05, 0) is 42.7 Å². The Hall–Kier alpha value is -3.93. The summed E-state index contributed by atoms with van der Waals surface area (Å²) < 4.78 is 1.97. The Morgan fingerprint density at radius 1 is 0.971 bits per heavy atom. The molecule has 0 fully saturated rings. The Labute approximate surface area is 199 Å². The Kier molecular flexibility index (Phi) is 5.88. The van der Waals surface area contributed by atoms with Crippen molar-refractivity contribution in [2.75, 3.05) is 5.32 Å². The van der Waals surface area contributed by atoms with Gasteiger partial charge in [-0.1, -0.05) is 67.6 Å². The van der Waals surface area contributed by atoms with E-state index < -0.39 is 6.04 Å². The Bertz CT molecular complexity index is 1350. The molecular weight excluding hydrogens is 424 g/mol. The molecule has 0 aliphatic carbocycles. The summed E-state index contributed by atoms with van der Waals surface area (Å²) in [7, 11) is 0. The zero-order valence-corrected chi connectivity index (χ0v) is 19.4. The minimum atomic E-state index is -0.656. The number of hydrogen-bond donors (Lipinski definition) is 1. The highest BCUT2D eigenvalue weighted by atomic mass is 16.2. The molecule has 3 aromatic carbocycles. The summed E-state index contributed by atoms with van der Waals surface area (Å²) in [6.07, 6.45) is 0.861. The third kappa shape index (κ3) is 3.96. The SMILES string of the molecule is CCc1ccccc1NC(=O)C[C@@H]1C(=O)N(Cc2ccccc2)[C@H](C)c2nc3ccccc3n21. The van der Waals surface area contributed by atoms with Gasteiger partial charge in [0.1, 0.15) is 11.9 Å². The summed E-state index contributed by atoms with van der Waals surface area (Å²) in [4.78, 5) is 33.8. The number of nitrogens with one attached hydrogen (secondary N) is 1. The lowest BCUT2D eigenvalue weighted by Crippen LogP contribution is -2.45. The van der Waals surface area contributed by atoms with Crippen molar-refractivity contribution in [1.29, 1.82) is 0 Å². The molecule has 2 heterocycles. The van der Waals surface area contributed by atoms with Crippen LogP contribution in [0.3, 0.4) is 0 Å². The Morgan fingerprint density at radius 2 is 1.68 bits per heavy atom. The van der Waals surface area contributed by atoms with E-state index in [-0.39, 0.29) is 24.3 Å². The van der Waals surface area contributed by atoms with Crippen LogP contribution in [0.1, 0.15) is 49.3 Å². The van der Waals surface area contributed by atoms with Crippen molar-refractivity contribution < 1.29 is 9.59 Å². The molecule has 1 aliphatic heterocycles. The van der Waals surface area contributed by atoms with Gasteiger partial charge in [-0.15, -0.1) is 0 Å². The molecule has 0 spiro atoms. The van der Waals surface area contributed by atoms with Crippen LogP contribution in [0.4, 0.5) is 5.69 Å². The zero-order chi connectivity index (χ0) is 23.7. The van der Waals surface area contributed by atoms with Crippen LogP contribution < -0.4 is 5.32 Å². The molecule has 1 N–H and O–H groups in total. The number of anilines is 1. The normalized spacial score (nSPS) is 17.6. The number of aromatic nitrogens is 2. The highest BCUT2D eigenvalue weighted by Crippen LogP contribution is 2.37. The van der Waals surface area contributed by atoms with E-state index in [0.717, 1.165) is 40.1 Å². The van der Waals surface area contributed by atoms with Crippen LogP contribution in [0.5, 0.6) is 0 Å². The second-order valence-electron chi connectivity index (χ2n) is 8.74. The molecule has 0 bridgehead atoms. The molecular formula is C28H28N4O2. The van der Waals surface area contributed by atoms with E-state index in [1.165, 1.54) is 0 Å². The van der Waals surface area contributed by atoms with Crippen LogP contribution in [0.15, 0.2) is 78.9 Å². The van der Waals surface area contributed by atoms with Crippen LogP contribution in [-0.2, 0) is 22.6 Å². The Balaban J connectivity index is 1.51. The first-order valence-electron chi connectivity index (χ1n) is 11.8. The number of nitrogens with zero attached hydrogens (tertiary/aromatic N) is 3. The van der Waals surface area contributed by atoms with Gasteiger partial charge in [-0.3, -0.25) is 9.59 Å². The number of aryl methyl sites for hydroxylation is 1. The second-order valence-corrected chi connectivity index (χ2v) is 8.74. The van der Waals surface area contributed by atoms with Gasteiger partial charge in [0.25, 0.3) is 0 Å². The maximum Gasteiger partial charge on any atom is 0.247 e. The largest absolute Gasteiger partial charge is 0.327 e. The summed E-state index contributed by atoms with van der Waals surface area (Å²) in [5.41, 5.74) is 4.62. The predicted octanol–water partition coefficient (Wildman–Crippen LogP) is 5.27. The average Bonchev–Trinajstić information content (AvgIpc) is 3.25. The quantitative estimate of drug-likeness (QED) is 0.433. The summed E-state index contributed by atoms with van der Waals surface area (Å²) in [5.74, 6) is 0.562. The third-order valence-corrected chi connectivity index (χ3v) is 6.59. The van der Waals surface area contributed by atoms with Crippen molar-refractivity contribution >= 4 is 28.5 Å². The fourth-order valence-electron chi connectivity index (χ4n) is 4.82. The lowest BCUT2D eigenvalue weighted by Gasteiger charge is -2.38. The number of para-hydroxylation sites is 3. The molecule has 0 unspecified atom stereocenters. The maximum absolute atomic E-state index is 13.9. The molecule has 5 rings (SSSR count). The fourth-order valence-corrected chi connectivity index (χ4v) is 4.82. The predicted molar refractivity (Wildman–Crippen MR) is 133 cm³/mol. The highest BCUT2D eigenvalue weighted by molar-refractivity contribution is 5.96. The number of amides is 2. The van der Waals surface area contributed by atoms with Gasteiger partial charge in [-0.25, -0.2) is 4.98 Å². The summed E-state index contributed by atoms with van der Waals surface area (Å²) >= 11 is 0. The lowest BCUT2D eigenvalue weighted by atomic mass is 10.0. The van der Waals surface area contributed by atoms with Gasteiger partial charge in [0.2, 0.25) is 11.8 Å². The van der Waals surface area contributed by atoms with E-state index in [9.17, 15) is 9.59 Å². The van der Waals surface area contributed by atoms with Crippen LogP contribution in [-0.4, -0.2) is 26.3 Å². The molecule has 172 valence electrons. The van der Waals surface area contributed by atoms with Gasteiger partial charge in [0.05, 0.1) is 23.5 Å². The number of imidazole rings is 1. The topological polar surface area (TPSA) is 67.2 Å². The number of fused-ring (bicyclic) bond motifs is 3. The molecule has 4 aromatic rings. The number of carbonyl (C=O) groups excluding carboxylic acids is 2. The van der Waals surface area contributed by atoms with Gasteiger partial charge >= 0.3 is 0 Å². The first-order valence-corrected chi connectivity index (χ1v) is 11.8. The molecule has 2 atom stereocenters. The van der Waals surface area contributed by atoms with Gasteiger partial charge in [0, 0.05) is 12.2 Å². The molecule has 6 nitrogen and oxygen atoms in total. The molecule has 0 saturated heterocycles. The van der Waals surface area contributed by atoms with Crippen LogP contribution in [0.2, 0.25) is 0 Å². The molecule has 6 heteroatoms. The Morgan fingerprint density at radius 3 is 2.47 bits per heavy atom. The molecule has 34 heavy (non-hydrogen) atoms.